The molecular weight excluding hydrogens is 326 g/mol. The first-order valence-corrected chi connectivity index (χ1v) is 8.99. The number of hydrogen-bond donors (Lipinski definition) is 1. The summed E-state index contributed by atoms with van der Waals surface area (Å²) < 4.78 is 7.06. The summed E-state index contributed by atoms with van der Waals surface area (Å²) in [6, 6.07) is 6.84. The molecule has 1 atom stereocenters. The third-order valence-corrected chi connectivity index (χ3v) is 4.18. The van der Waals surface area contributed by atoms with Gasteiger partial charge in [-0.2, -0.15) is 0 Å². The molecule has 3 heteroatoms. The highest BCUT2D eigenvalue weighted by molar-refractivity contribution is 9.10. The fraction of sp³-hybridized carbons (Fsp3) is 0.667. The molecule has 0 amide bonds. The van der Waals surface area contributed by atoms with Gasteiger partial charge in [-0.3, -0.25) is 0 Å². The molecule has 120 valence electrons. The summed E-state index contributed by atoms with van der Waals surface area (Å²) in [6.45, 7) is 10.5. The van der Waals surface area contributed by atoms with Gasteiger partial charge >= 0.3 is 0 Å². The number of ether oxygens (including phenoxy) is 1. The standard InChI is InChI=1S/C18H30BrNO/c1-5-6-7-8-15(4)20-11-12-21-18-10-9-16(19)13-17(18)14(2)3/h9-10,13-15,20H,5-8,11-12H2,1-4H3. The Kier molecular flexibility index (Phi) is 9.02. The maximum atomic E-state index is 5.95. The van der Waals surface area contributed by atoms with Crippen molar-refractivity contribution < 1.29 is 4.74 Å². The lowest BCUT2D eigenvalue weighted by Crippen LogP contribution is -2.30. The molecule has 0 bridgehead atoms. The molecule has 0 aromatic heterocycles. The molecule has 0 fully saturated rings. The summed E-state index contributed by atoms with van der Waals surface area (Å²) in [5.74, 6) is 1.48. The van der Waals surface area contributed by atoms with E-state index in [1.807, 2.05) is 6.07 Å². The van der Waals surface area contributed by atoms with Crippen molar-refractivity contribution in [3.8, 4) is 5.75 Å². The van der Waals surface area contributed by atoms with Gasteiger partial charge in [-0.05, 0) is 43.0 Å². The van der Waals surface area contributed by atoms with Crippen LogP contribution in [0.5, 0.6) is 5.75 Å². The predicted molar refractivity (Wildman–Crippen MR) is 95.3 cm³/mol. The van der Waals surface area contributed by atoms with Crippen LogP contribution in [0.25, 0.3) is 0 Å². The maximum Gasteiger partial charge on any atom is 0.122 e. The summed E-state index contributed by atoms with van der Waals surface area (Å²) in [7, 11) is 0. The number of unbranched alkanes of at least 4 members (excludes halogenated alkanes) is 2. The second-order valence-corrected chi connectivity index (χ2v) is 6.95. The topological polar surface area (TPSA) is 21.3 Å². The van der Waals surface area contributed by atoms with Crippen molar-refractivity contribution in [3.63, 3.8) is 0 Å². The largest absolute Gasteiger partial charge is 0.492 e. The number of benzene rings is 1. The fourth-order valence-electron chi connectivity index (χ4n) is 2.37. The molecule has 1 rings (SSSR count). The second-order valence-electron chi connectivity index (χ2n) is 6.04. The predicted octanol–water partition coefficient (Wildman–Crippen LogP) is 5.51. The normalized spacial score (nSPS) is 12.7. The summed E-state index contributed by atoms with van der Waals surface area (Å²) in [4.78, 5) is 0. The first-order valence-electron chi connectivity index (χ1n) is 8.20. The Balaban J connectivity index is 2.32. The van der Waals surface area contributed by atoms with Crippen LogP contribution in [0.2, 0.25) is 0 Å². The smallest absolute Gasteiger partial charge is 0.122 e. The molecule has 21 heavy (non-hydrogen) atoms. The van der Waals surface area contributed by atoms with Crippen molar-refractivity contribution in [1.82, 2.24) is 5.32 Å². The van der Waals surface area contributed by atoms with Crippen LogP contribution in [0, 0.1) is 0 Å². The molecule has 0 aliphatic rings. The van der Waals surface area contributed by atoms with Crippen molar-refractivity contribution in [2.24, 2.45) is 0 Å². The second kappa shape index (κ2) is 10.2. The molecule has 1 unspecified atom stereocenters. The SMILES string of the molecule is CCCCCC(C)NCCOc1ccc(Br)cc1C(C)C. The highest BCUT2D eigenvalue weighted by Gasteiger charge is 2.08. The lowest BCUT2D eigenvalue weighted by Gasteiger charge is -2.17. The average Bonchev–Trinajstić information content (AvgIpc) is 2.45. The van der Waals surface area contributed by atoms with Crippen LogP contribution in [0.3, 0.4) is 0 Å². The quantitative estimate of drug-likeness (QED) is 0.558. The van der Waals surface area contributed by atoms with Crippen molar-refractivity contribution in [3.05, 3.63) is 28.2 Å². The molecular formula is C18H30BrNO. The summed E-state index contributed by atoms with van der Waals surface area (Å²) >= 11 is 3.53. The van der Waals surface area contributed by atoms with E-state index in [-0.39, 0.29) is 0 Å². The average molecular weight is 356 g/mol. The van der Waals surface area contributed by atoms with E-state index in [4.69, 9.17) is 4.74 Å². The minimum atomic E-state index is 0.471. The summed E-state index contributed by atoms with van der Waals surface area (Å²) in [5, 5.41) is 3.54. The van der Waals surface area contributed by atoms with E-state index in [1.165, 1.54) is 31.2 Å². The Labute approximate surface area is 138 Å². The molecule has 0 heterocycles. The zero-order valence-electron chi connectivity index (χ0n) is 13.9. The molecule has 0 radical (unpaired) electrons. The van der Waals surface area contributed by atoms with Gasteiger partial charge in [0.05, 0.1) is 0 Å². The molecule has 0 saturated heterocycles. The van der Waals surface area contributed by atoms with Crippen LogP contribution >= 0.6 is 15.9 Å². The van der Waals surface area contributed by atoms with Crippen molar-refractivity contribution in [2.75, 3.05) is 13.2 Å². The van der Waals surface area contributed by atoms with Crippen LogP contribution in [0.1, 0.15) is 64.9 Å². The number of halogens is 1. The zero-order valence-corrected chi connectivity index (χ0v) is 15.5. The molecule has 0 aliphatic carbocycles. The first-order chi connectivity index (χ1) is 10.0. The van der Waals surface area contributed by atoms with E-state index in [1.54, 1.807) is 0 Å². The van der Waals surface area contributed by atoms with Gasteiger partial charge in [0, 0.05) is 17.1 Å². The first kappa shape index (κ1) is 18.5. The third-order valence-electron chi connectivity index (χ3n) is 3.69. The Bertz CT molecular complexity index is 406. The van der Waals surface area contributed by atoms with Gasteiger partial charge in [-0.15, -0.1) is 0 Å². The van der Waals surface area contributed by atoms with Crippen LogP contribution in [0.4, 0.5) is 0 Å². The minimum Gasteiger partial charge on any atom is -0.492 e. The van der Waals surface area contributed by atoms with Gasteiger partial charge in [-0.1, -0.05) is 56.0 Å². The Morgan fingerprint density at radius 1 is 1.19 bits per heavy atom. The van der Waals surface area contributed by atoms with Crippen molar-refractivity contribution in [2.45, 2.75) is 65.3 Å². The van der Waals surface area contributed by atoms with Gasteiger partial charge in [-0.25, -0.2) is 0 Å². The van der Waals surface area contributed by atoms with Crippen LogP contribution in [0.15, 0.2) is 22.7 Å². The van der Waals surface area contributed by atoms with E-state index in [0.29, 0.717) is 12.0 Å². The van der Waals surface area contributed by atoms with Gasteiger partial charge in [0.25, 0.3) is 0 Å². The fourth-order valence-corrected chi connectivity index (χ4v) is 2.75. The van der Waals surface area contributed by atoms with E-state index < -0.39 is 0 Å². The summed E-state index contributed by atoms with van der Waals surface area (Å²) in [6.07, 6.45) is 5.19. The number of nitrogens with one attached hydrogen (secondary N) is 1. The minimum absolute atomic E-state index is 0.471. The molecule has 1 N–H and O–H groups in total. The lowest BCUT2D eigenvalue weighted by molar-refractivity contribution is 0.300. The molecule has 1 aromatic rings. The lowest BCUT2D eigenvalue weighted by atomic mass is 10.0. The number of rotatable bonds is 10. The highest BCUT2D eigenvalue weighted by Crippen LogP contribution is 2.29. The maximum absolute atomic E-state index is 5.95. The van der Waals surface area contributed by atoms with Crippen molar-refractivity contribution in [1.29, 1.82) is 0 Å². The van der Waals surface area contributed by atoms with E-state index in [9.17, 15) is 0 Å². The molecule has 0 spiro atoms. The van der Waals surface area contributed by atoms with E-state index in [2.05, 4.69) is 61.1 Å². The third kappa shape index (κ3) is 7.32. The van der Waals surface area contributed by atoms with E-state index in [0.717, 1.165) is 23.4 Å². The monoisotopic (exact) mass is 355 g/mol. The number of hydrogen-bond acceptors (Lipinski definition) is 2. The van der Waals surface area contributed by atoms with Crippen LogP contribution in [-0.4, -0.2) is 19.2 Å². The van der Waals surface area contributed by atoms with E-state index >= 15 is 0 Å². The Hall–Kier alpha value is -0.540. The van der Waals surface area contributed by atoms with Gasteiger partial charge in [0.2, 0.25) is 0 Å². The molecule has 0 aliphatic heterocycles. The van der Waals surface area contributed by atoms with Crippen molar-refractivity contribution >= 4 is 15.9 Å². The molecule has 1 aromatic carbocycles. The zero-order chi connectivity index (χ0) is 15.7. The van der Waals surface area contributed by atoms with Crippen LogP contribution < -0.4 is 10.1 Å². The summed E-state index contributed by atoms with van der Waals surface area (Å²) in [5.41, 5.74) is 1.26. The highest BCUT2D eigenvalue weighted by atomic mass is 79.9. The Morgan fingerprint density at radius 2 is 1.95 bits per heavy atom. The molecule has 2 nitrogen and oxygen atoms in total. The van der Waals surface area contributed by atoms with Gasteiger partial charge in [0.1, 0.15) is 12.4 Å². The van der Waals surface area contributed by atoms with Crippen LogP contribution in [-0.2, 0) is 0 Å². The molecule has 0 saturated carbocycles. The van der Waals surface area contributed by atoms with Gasteiger partial charge in [0.15, 0.2) is 0 Å². The Morgan fingerprint density at radius 3 is 2.62 bits per heavy atom. The van der Waals surface area contributed by atoms with Gasteiger partial charge < -0.3 is 10.1 Å².